The van der Waals surface area contributed by atoms with Gasteiger partial charge in [-0.25, -0.2) is 0 Å². The molecule has 25 heavy (non-hydrogen) atoms. The Kier molecular flexibility index (Phi) is 6.13. The first-order valence-electron chi connectivity index (χ1n) is 9.74. The second-order valence-corrected chi connectivity index (χ2v) is 7.79. The zero-order valence-corrected chi connectivity index (χ0v) is 16.0. The van der Waals surface area contributed by atoms with Crippen LogP contribution in [0.25, 0.3) is 0 Å². The van der Waals surface area contributed by atoms with Gasteiger partial charge in [-0.15, -0.1) is 0 Å². The summed E-state index contributed by atoms with van der Waals surface area (Å²) < 4.78 is 5.84. The maximum Gasteiger partial charge on any atom is 0.254 e. The fourth-order valence-corrected chi connectivity index (χ4v) is 4.22. The number of nitrogens with zero attached hydrogens (tertiary/aromatic N) is 2. The van der Waals surface area contributed by atoms with E-state index in [2.05, 4.69) is 31.7 Å². The van der Waals surface area contributed by atoms with E-state index < -0.39 is 0 Å². The predicted octanol–water partition coefficient (Wildman–Crippen LogP) is 3.27. The van der Waals surface area contributed by atoms with E-state index >= 15 is 0 Å². The molecular formula is C21H32N2O2. The SMILES string of the molecule is Cc1cc(C)cc(C(=O)N2CCOC[C@H](CCN3CCCC3)[C@H]2C)c1. The minimum atomic E-state index is 0.149. The zero-order valence-electron chi connectivity index (χ0n) is 16.0. The summed E-state index contributed by atoms with van der Waals surface area (Å²) in [6, 6.07) is 6.35. The Morgan fingerprint density at radius 1 is 1.12 bits per heavy atom. The average molecular weight is 344 g/mol. The van der Waals surface area contributed by atoms with E-state index in [-0.39, 0.29) is 11.9 Å². The van der Waals surface area contributed by atoms with Crippen molar-refractivity contribution in [2.75, 3.05) is 39.4 Å². The van der Waals surface area contributed by atoms with Gasteiger partial charge in [0.05, 0.1) is 13.2 Å². The van der Waals surface area contributed by atoms with Crippen LogP contribution in [0.1, 0.15) is 47.7 Å². The molecule has 138 valence electrons. The number of benzene rings is 1. The molecule has 1 aromatic rings. The maximum absolute atomic E-state index is 13.1. The molecule has 2 saturated heterocycles. The van der Waals surface area contributed by atoms with Gasteiger partial charge in [0.1, 0.15) is 0 Å². The summed E-state index contributed by atoms with van der Waals surface area (Å²) in [5, 5.41) is 0. The average Bonchev–Trinajstić information content (AvgIpc) is 3.02. The molecule has 0 aromatic heterocycles. The van der Waals surface area contributed by atoms with Gasteiger partial charge in [-0.1, -0.05) is 17.2 Å². The van der Waals surface area contributed by atoms with Gasteiger partial charge in [0.25, 0.3) is 5.91 Å². The van der Waals surface area contributed by atoms with Gasteiger partial charge in [-0.3, -0.25) is 4.79 Å². The predicted molar refractivity (Wildman–Crippen MR) is 101 cm³/mol. The molecule has 0 radical (unpaired) electrons. The van der Waals surface area contributed by atoms with Crippen molar-refractivity contribution >= 4 is 5.91 Å². The topological polar surface area (TPSA) is 32.8 Å². The lowest BCUT2D eigenvalue weighted by Crippen LogP contribution is -2.44. The molecular weight excluding hydrogens is 312 g/mol. The van der Waals surface area contributed by atoms with Crippen molar-refractivity contribution in [2.24, 2.45) is 5.92 Å². The van der Waals surface area contributed by atoms with Gasteiger partial charge >= 0.3 is 0 Å². The molecule has 0 aliphatic carbocycles. The highest BCUT2D eigenvalue weighted by atomic mass is 16.5. The van der Waals surface area contributed by atoms with E-state index in [0.29, 0.717) is 19.1 Å². The first-order chi connectivity index (χ1) is 12.0. The van der Waals surface area contributed by atoms with Crippen molar-refractivity contribution in [1.29, 1.82) is 0 Å². The molecule has 2 aliphatic heterocycles. The van der Waals surface area contributed by atoms with Crippen molar-refractivity contribution in [3.05, 3.63) is 34.9 Å². The lowest BCUT2D eigenvalue weighted by Gasteiger charge is -2.32. The molecule has 2 atom stereocenters. The van der Waals surface area contributed by atoms with Gasteiger partial charge < -0.3 is 14.5 Å². The first-order valence-corrected chi connectivity index (χ1v) is 9.74. The quantitative estimate of drug-likeness (QED) is 0.840. The van der Waals surface area contributed by atoms with E-state index in [4.69, 9.17) is 4.74 Å². The van der Waals surface area contributed by atoms with E-state index in [1.165, 1.54) is 25.9 Å². The largest absolute Gasteiger partial charge is 0.379 e. The number of amides is 1. The number of carbonyl (C=O) groups excluding carboxylic acids is 1. The summed E-state index contributed by atoms with van der Waals surface area (Å²) in [7, 11) is 0. The molecule has 1 amide bonds. The number of ether oxygens (including phenoxy) is 1. The van der Waals surface area contributed by atoms with Crippen LogP contribution in [0.2, 0.25) is 0 Å². The Labute approximate surface area is 152 Å². The molecule has 0 unspecified atom stereocenters. The lowest BCUT2D eigenvalue weighted by atomic mass is 9.96. The number of likely N-dealkylation sites (tertiary alicyclic amines) is 1. The van der Waals surface area contributed by atoms with Gasteiger partial charge in [0, 0.05) is 24.1 Å². The summed E-state index contributed by atoms with van der Waals surface area (Å²) in [5.41, 5.74) is 3.10. The number of carbonyl (C=O) groups is 1. The van der Waals surface area contributed by atoms with Gasteiger partial charge in [-0.05, 0) is 71.8 Å². The minimum Gasteiger partial charge on any atom is -0.379 e. The zero-order chi connectivity index (χ0) is 17.8. The second kappa shape index (κ2) is 8.33. The molecule has 2 heterocycles. The smallest absolute Gasteiger partial charge is 0.254 e. The first kappa shape index (κ1) is 18.4. The highest BCUT2D eigenvalue weighted by molar-refractivity contribution is 5.94. The van der Waals surface area contributed by atoms with E-state index in [1.807, 2.05) is 17.0 Å². The van der Waals surface area contributed by atoms with Crippen LogP contribution in [-0.2, 0) is 4.74 Å². The van der Waals surface area contributed by atoms with Crippen molar-refractivity contribution in [3.8, 4) is 0 Å². The maximum atomic E-state index is 13.1. The molecule has 2 fully saturated rings. The molecule has 4 heteroatoms. The third kappa shape index (κ3) is 4.62. The molecule has 2 aliphatic rings. The van der Waals surface area contributed by atoms with Crippen LogP contribution in [0.4, 0.5) is 0 Å². The summed E-state index contributed by atoms with van der Waals surface area (Å²) in [5.74, 6) is 0.564. The minimum absolute atomic E-state index is 0.149. The van der Waals surface area contributed by atoms with Crippen molar-refractivity contribution < 1.29 is 9.53 Å². The molecule has 1 aromatic carbocycles. The summed E-state index contributed by atoms with van der Waals surface area (Å²) in [4.78, 5) is 17.7. The van der Waals surface area contributed by atoms with E-state index in [9.17, 15) is 4.79 Å². The van der Waals surface area contributed by atoms with Crippen LogP contribution in [0, 0.1) is 19.8 Å². The highest BCUT2D eigenvalue weighted by Crippen LogP contribution is 2.23. The van der Waals surface area contributed by atoms with Crippen LogP contribution >= 0.6 is 0 Å². The molecule has 0 spiro atoms. The molecule has 0 bridgehead atoms. The van der Waals surface area contributed by atoms with Crippen molar-refractivity contribution in [2.45, 2.75) is 46.1 Å². The van der Waals surface area contributed by atoms with Gasteiger partial charge in [0.15, 0.2) is 0 Å². The Morgan fingerprint density at radius 3 is 2.48 bits per heavy atom. The molecule has 0 saturated carbocycles. The van der Waals surface area contributed by atoms with Crippen LogP contribution in [-0.4, -0.2) is 61.1 Å². The molecule has 0 N–H and O–H groups in total. The number of hydrogen-bond donors (Lipinski definition) is 0. The number of rotatable bonds is 4. The standard InChI is InChI=1S/C21H32N2O2/c1-16-12-17(2)14-20(13-16)21(24)23-10-11-25-15-19(18(23)3)6-9-22-7-4-5-8-22/h12-14,18-19H,4-11,15H2,1-3H3/t18-,19+/m1/s1. The van der Waals surface area contributed by atoms with Gasteiger partial charge in [0.2, 0.25) is 0 Å². The van der Waals surface area contributed by atoms with Crippen LogP contribution in [0.3, 0.4) is 0 Å². The van der Waals surface area contributed by atoms with Crippen LogP contribution in [0.15, 0.2) is 18.2 Å². The van der Waals surface area contributed by atoms with Crippen molar-refractivity contribution in [3.63, 3.8) is 0 Å². The van der Waals surface area contributed by atoms with Crippen LogP contribution < -0.4 is 0 Å². The lowest BCUT2D eigenvalue weighted by molar-refractivity contribution is 0.0652. The normalized spacial score (nSPS) is 25.2. The summed E-state index contributed by atoms with van der Waals surface area (Å²) in [6.45, 7) is 12.0. The summed E-state index contributed by atoms with van der Waals surface area (Å²) in [6.07, 6.45) is 3.76. The monoisotopic (exact) mass is 344 g/mol. The second-order valence-electron chi connectivity index (χ2n) is 7.79. The Balaban J connectivity index is 1.69. The number of hydrogen-bond acceptors (Lipinski definition) is 3. The van der Waals surface area contributed by atoms with Crippen LogP contribution in [0.5, 0.6) is 0 Å². The Morgan fingerprint density at radius 2 is 1.80 bits per heavy atom. The van der Waals surface area contributed by atoms with Gasteiger partial charge in [-0.2, -0.15) is 0 Å². The van der Waals surface area contributed by atoms with E-state index in [0.717, 1.165) is 36.3 Å². The van der Waals surface area contributed by atoms with Crippen molar-refractivity contribution in [1.82, 2.24) is 9.80 Å². The third-order valence-corrected chi connectivity index (χ3v) is 5.73. The fraction of sp³-hybridized carbons (Fsp3) is 0.667. The molecule has 4 nitrogen and oxygen atoms in total. The fourth-order valence-electron chi connectivity index (χ4n) is 4.22. The summed E-state index contributed by atoms with van der Waals surface area (Å²) >= 11 is 0. The highest BCUT2D eigenvalue weighted by Gasteiger charge is 2.31. The van der Waals surface area contributed by atoms with E-state index in [1.54, 1.807) is 0 Å². The Bertz CT molecular complexity index is 575. The Hall–Kier alpha value is -1.39. The molecule has 3 rings (SSSR count). The number of aryl methyl sites for hydroxylation is 2. The third-order valence-electron chi connectivity index (χ3n) is 5.73.